The van der Waals surface area contributed by atoms with Gasteiger partial charge in [0.05, 0.1) is 19.8 Å². The maximum Gasteiger partial charge on any atom is 0.261 e. The smallest absolute Gasteiger partial charge is 0.261 e. The highest BCUT2D eigenvalue weighted by Crippen LogP contribution is 2.37. The van der Waals surface area contributed by atoms with Crippen LogP contribution in [0.4, 0.5) is 0 Å². The summed E-state index contributed by atoms with van der Waals surface area (Å²) in [5, 5.41) is 2.51. The highest BCUT2D eigenvalue weighted by atomic mass is 28.4. The van der Waals surface area contributed by atoms with Crippen LogP contribution in [0.2, 0.25) is 5.04 Å². The van der Waals surface area contributed by atoms with E-state index in [1.54, 1.807) is 7.11 Å². The highest BCUT2D eigenvalue weighted by Gasteiger charge is 2.50. The van der Waals surface area contributed by atoms with Crippen LogP contribution in [0, 0.1) is 23.7 Å². The molecule has 196 valence electrons. The molecule has 0 aliphatic heterocycles. The van der Waals surface area contributed by atoms with Crippen molar-refractivity contribution in [2.75, 3.05) is 13.7 Å². The van der Waals surface area contributed by atoms with Crippen LogP contribution >= 0.6 is 0 Å². The van der Waals surface area contributed by atoms with Crippen LogP contribution in [-0.2, 0) is 15.8 Å². The number of methoxy groups -OCH3 is 1. The Balaban J connectivity index is 1.89. The molecule has 0 saturated heterocycles. The summed E-state index contributed by atoms with van der Waals surface area (Å²) in [6, 6.07) is 29.6. The van der Waals surface area contributed by atoms with Gasteiger partial charge >= 0.3 is 0 Å². The fourth-order valence-electron chi connectivity index (χ4n) is 5.14. The largest absolute Gasteiger partial charge is 0.497 e. The SMILES string of the molecule is CC#C[C@@H](C)[C@H](OCc1ccc(OC)cc1)[C@@H](C)CO[Si](c1ccccc1)(c1ccccc1)C(C)(C)C. The molecular formula is C33H42O3Si. The Morgan fingerprint density at radius 3 is 1.81 bits per heavy atom. The molecule has 0 fully saturated rings. The highest BCUT2D eigenvalue weighted by molar-refractivity contribution is 6.99. The van der Waals surface area contributed by atoms with Crippen molar-refractivity contribution in [3.63, 3.8) is 0 Å². The molecule has 37 heavy (non-hydrogen) atoms. The minimum atomic E-state index is -2.61. The van der Waals surface area contributed by atoms with E-state index in [1.807, 2.05) is 19.1 Å². The van der Waals surface area contributed by atoms with Crippen molar-refractivity contribution in [2.45, 2.75) is 59.3 Å². The number of hydrogen-bond donors (Lipinski definition) is 0. The molecular weight excluding hydrogens is 472 g/mol. The molecule has 3 aromatic carbocycles. The predicted octanol–water partition coefficient (Wildman–Crippen LogP) is 6.45. The normalized spacial score (nSPS) is 14.2. The summed E-state index contributed by atoms with van der Waals surface area (Å²) >= 11 is 0. The molecule has 0 spiro atoms. The summed E-state index contributed by atoms with van der Waals surface area (Å²) < 4.78 is 19.0. The Labute approximate surface area is 225 Å². The molecule has 3 nitrogen and oxygen atoms in total. The van der Waals surface area contributed by atoms with E-state index < -0.39 is 8.32 Å². The summed E-state index contributed by atoms with van der Waals surface area (Å²) in [6.07, 6.45) is -0.0623. The second kappa shape index (κ2) is 13.1. The molecule has 4 heteroatoms. The first-order valence-corrected chi connectivity index (χ1v) is 15.1. The Bertz CT molecular complexity index is 1100. The van der Waals surface area contributed by atoms with Crippen molar-refractivity contribution in [1.29, 1.82) is 0 Å². The standard InChI is InChI=1S/C33H42O3Si/c1-8-15-26(2)32(35-25-28-20-22-29(34-7)23-21-28)27(3)24-36-37(33(4,5)6,30-16-11-9-12-17-30)31-18-13-10-14-19-31/h9-14,16-23,26-27,32H,24-25H2,1-7H3/t26-,27+,32+/m1/s1. The van der Waals surface area contributed by atoms with Gasteiger partial charge in [0.2, 0.25) is 0 Å². The van der Waals surface area contributed by atoms with E-state index in [-0.39, 0.29) is 23.0 Å². The fraction of sp³-hybridized carbons (Fsp3) is 0.394. The molecule has 0 bridgehead atoms. The summed E-state index contributed by atoms with van der Waals surface area (Å²) in [7, 11) is -0.933. The second-order valence-corrected chi connectivity index (χ2v) is 15.1. The lowest BCUT2D eigenvalue weighted by atomic mass is 9.94. The molecule has 0 radical (unpaired) electrons. The monoisotopic (exact) mass is 514 g/mol. The predicted molar refractivity (Wildman–Crippen MR) is 157 cm³/mol. The molecule has 3 atom stereocenters. The lowest BCUT2D eigenvalue weighted by molar-refractivity contribution is -0.0269. The third kappa shape index (κ3) is 6.93. The van der Waals surface area contributed by atoms with E-state index in [1.165, 1.54) is 10.4 Å². The quantitative estimate of drug-likeness (QED) is 0.217. The Morgan fingerprint density at radius 2 is 1.35 bits per heavy atom. The molecule has 0 aliphatic carbocycles. The Hall–Kier alpha value is -2.84. The molecule has 0 amide bonds. The molecule has 0 aromatic heterocycles. The zero-order valence-corrected chi connectivity index (χ0v) is 24.5. The molecule has 0 unspecified atom stereocenters. The first-order valence-electron chi connectivity index (χ1n) is 13.1. The maximum atomic E-state index is 7.21. The molecule has 0 N–H and O–H groups in total. The van der Waals surface area contributed by atoms with Gasteiger partial charge in [-0.2, -0.15) is 0 Å². The minimum absolute atomic E-state index is 0.0623. The van der Waals surface area contributed by atoms with Gasteiger partial charge in [-0.05, 0) is 47.0 Å². The van der Waals surface area contributed by atoms with Gasteiger partial charge in [-0.1, -0.05) is 106 Å². The van der Waals surface area contributed by atoms with Gasteiger partial charge in [-0.3, -0.25) is 0 Å². The zero-order chi connectivity index (χ0) is 26.9. The average molecular weight is 515 g/mol. The van der Waals surface area contributed by atoms with E-state index in [2.05, 4.69) is 119 Å². The number of ether oxygens (including phenoxy) is 2. The Kier molecular flexibility index (Phi) is 10.2. The molecule has 0 aliphatic rings. The number of rotatable bonds is 11. The van der Waals surface area contributed by atoms with Crippen molar-refractivity contribution in [2.24, 2.45) is 11.8 Å². The minimum Gasteiger partial charge on any atom is -0.497 e. The van der Waals surface area contributed by atoms with Gasteiger partial charge in [-0.15, -0.1) is 5.92 Å². The van der Waals surface area contributed by atoms with Gasteiger partial charge in [0.1, 0.15) is 5.75 Å². The van der Waals surface area contributed by atoms with Crippen LogP contribution in [-0.4, -0.2) is 28.1 Å². The van der Waals surface area contributed by atoms with E-state index in [4.69, 9.17) is 13.9 Å². The van der Waals surface area contributed by atoms with E-state index in [0.717, 1.165) is 11.3 Å². The van der Waals surface area contributed by atoms with Crippen molar-refractivity contribution >= 4 is 18.7 Å². The Morgan fingerprint density at radius 1 is 0.811 bits per heavy atom. The van der Waals surface area contributed by atoms with Gasteiger partial charge in [-0.25, -0.2) is 0 Å². The lowest BCUT2D eigenvalue weighted by Gasteiger charge is -2.44. The van der Waals surface area contributed by atoms with Crippen LogP contribution in [0.1, 0.15) is 47.1 Å². The second-order valence-electron chi connectivity index (χ2n) is 10.8. The van der Waals surface area contributed by atoms with Gasteiger partial charge < -0.3 is 13.9 Å². The van der Waals surface area contributed by atoms with E-state index >= 15 is 0 Å². The van der Waals surface area contributed by atoms with Gasteiger partial charge in [0.15, 0.2) is 0 Å². The van der Waals surface area contributed by atoms with Crippen molar-refractivity contribution < 1.29 is 13.9 Å². The summed E-state index contributed by atoms with van der Waals surface area (Å²) in [5.41, 5.74) is 1.11. The first kappa shape index (κ1) is 28.7. The average Bonchev–Trinajstić information content (AvgIpc) is 2.90. The zero-order valence-electron chi connectivity index (χ0n) is 23.5. The molecule has 3 rings (SSSR count). The van der Waals surface area contributed by atoms with Gasteiger partial charge in [0.25, 0.3) is 8.32 Å². The van der Waals surface area contributed by atoms with Crippen LogP contribution < -0.4 is 15.1 Å². The van der Waals surface area contributed by atoms with Crippen LogP contribution in [0.3, 0.4) is 0 Å². The van der Waals surface area contributed by atoms with Crippen LogP contribution in [0.5, 0.6) is 5.75 Å². The van der Waals surface area contributed by atoms with E-state index in [9.17, 15) is 0 Å². The van der Waals surface area contributed by atoms with Gasteiger partial charge in [0, 0.05) is 18.4 Å². The summed E-state index contributed by atoms with van der Waals surface area (Å²) in [5.74, 6) is 7.50. The third-order valence-corrected chi connectivity index (χ3v) is 12.0. The summed E-state index contributed by atoms with van der Waals surface area (Å²) in [4.78, 5) is 0. The fourth-order valence-corrected chi connectivity index (χ4v) is 9.81. The van der Waals surface area contributed by atoms with E-state index in [0.29, 0.717) is 13.2 Å². The van der Waals surface area contributed by atoms with Crippen LogP contribution in [0.15, 0.2) is 84.9 Å². The topological polar surface area (TPSA) is 27.7 Å². The van der Waals surface area contributed by atoms with Crippen molar-refractivity contribution in [3.8, 4) is 17.6 Å². The lowest BCUT2D eigenvalue weighted by Crippen LogP contribution is -2.67. The molecule has 3 aromatic rings. The van der Waals surface area contributed by atoms with Crippen molar-refractivity contribution in [1.82, 2.24) is 0 Å². The molecule has 0 saturated carbocycles. The first-order chi connectivity index (χ1) is 17.7. The van der Waals surface area contributed by atoms with Crippen LogP contribution in [0.25, 0.3) is 0 Å². The maximum absolute atomic E-state index is 7.21. The summed E-state index contributed by atoms with van der Waals surface area (Å²) in [6.45, 7) is 14.3. The molecule has 0 heterocycles. The van der Waals surface area contributed by atoms with Crippen molar-refractivity contribution in [3.05, 3.63) is 90.5 Å². The third-order valence-electron chi connectivity index (χ3n) is 7.01. The number of hydrogen-bond acceptors (Lipinski definition) is 3. The number of benzene rings is 3.